The molecule has 0 radical (unpaired) electrons. The van der Waals surface area contributed by atoms with E-state index < -0.39 is 33.5 Å². The molecule has 0 bridgehead atoms. The van der Waals surface area contributed by atoms with E-state index in [4.69, 9.17) is 9.47 Å². The first-order chi connectivity index (χ1) is 12.1. The lowest BCUT2D eigenvalue weighted by Gasteiger charge is -2.13. The van der Waals surface area contributed by atoms with Crippen LogP contribution in [0.1, 0.15) is 25.3 Å². The molecule has 0 aliphatic heterocycles. The predicted octanol–water partition coefficient (Wildman–Crippen LogP) is 3.05. The second-order valence-electron chi connectivity index (χ2n) is 5.43. The summed E-state index contributed by atoms with van der Waals surface area (Å²) in [4.78, 5) is 11.9. The van der Waals surface area contributed by atoms with Gasteiger partial charge in [-0.25, -0.2) is 4.79 Å². The molecule has 1 aliphatic carbocycles. The minimum Gasteiger partial charge on any atom is -0.463 e. The van der Waals surface area contributed by atoms with Crippen LogP contribution < -0.4 is 0 Å². The van der Waals surface area contributed by atoms with E-state index in [2.05, 4.69) is 4.18 Å². The average molecular weight is 394 g/mol. The molecule has 1 aromatic carbocycles. The summed E-state index contributed by atoms with van der Waals surface area (Å²) in [5.41, 5.74) is -5.04. The molecule has 2 rings (SSSR count). The van der Waals surface area contributed by atoms with Crippen LogP contribution in [0.3, 0.4) is 0 Å². The van der Waals surface area contributed by atoms with Crippen molar-refractivity contribution in [2.45, 2.75) is 38.0 Å². The van der Waals surface area contributed by atoms with Gasteiger partial charge in [-0.3, -0.25) is 0 Å². The van der Waals surface area contributed by atoms with Crippen LogP contribution in [-0.4, -0.2) is 32.6 Å². The topological polar surface area (TPSA) is 78.9 Å². The smallest absolute Gasteiger partial charge is 0.463 e. The Morgan fingerprint density at radius 3 is 2.42 bits per heavy atom. The largest absolute Gasteiger partial charge is 0.534 e. The Balaban J connectivity index is 2.12. The third-order valence-electron chi connectivity index (χ3n) is 3.53. The number of alkyl halides is 3. The number of esters is 1. The summed E-state index contributed by atoms with van der Waals surface area (Å²) in [6.45, 7) is 1.65. The first-order valence-corrected chi connectivity index (χ1v) is 9.10. The van der Waals surface area contributed by atoms with Crippen molar-refractivity contribution in [3.8, 4) is 0 Å². The Morgan fingerprint density at radius 2 is 1.85 bits per heavy atom. The Morgan fingerprint density at radius 1 is 1.19 bits per heavy atom. The van der Waals surface area contributed by atoms with Gasteiger partial charge in [-0.05, 0) is 12.5 Å². The highest BCUT2D eigenvalue weighted by atomic mass is 32.2. The van der Waals surface area contributed by atoms with Gasteiger partial charge in [0.2, 0.25) is 0 Å². The predicted molar refractivity (Wildman–Crippen MR) is 84.0 cm³/mol. The van der Waals surface area contributed by atoms with Gasteiger partial charge in [0.05, 0.1) is 24.9 Å². The Hall–Kier alpha value is -2.07. The molecule has 10 heteroatoms. The van der Waals surface area contributed by atoms with E-state index >= 15 is 0 Å². The number of hydrogen-bond acceptors (Lipinski definition) is 6. The fourth-order valence-corrected chi connectivity index (χ4v) is 2.86. The average Bonchev–Trinajstić information content (AvgIpc) is 2.95. The highest BCUT2D eigenvalue weighted by Crippen LogP contribution is 2.35. The zero-order valence-electron chi connectivity index (χ0n) is 13.8. The maximum Gasteiger partial charge on any atom is 0.534 e. The maximum atomic E-state index is 12.5. The fourth-order valence-electron chi connectivity index (χ4n) is 2.33. The standard InChI is InChI=1S/C16H17F3O6S/c1-2-23-15(20)13-8-12(24-10-11-6-4-3-5-7-11)9-14(13)25-26(21,22)16(17,18)19/h3-7,12H,2,8-10H2,1H3. The maximum absolute atomic E-state index is 12.5. The van der Waals surface area contributed by atoms with Crippen LogP contribution in [0.2, 0.25) is 0 Å². The molecule has 1 unspecified atom stereocenters. The zero-order valence-corrected chi connectivity index (χ0v) is 14.6. The summed E-state index contributed by atoms with van der Waals surface area (Å²) < 4.78 is 74.6. The van der Waals surface area contributed by atoms with Crippen molar-refractivity contribution < 1.29 is 40.0 Å². The van der Waals surface area contributed by atoms with Crippen LogP contribution in [0.4, 0.5) is 13.2 Å². The highest BCUT2D eigenvalue weighted by molar-refractivity contribution is 7.87. The SMILES string of the molecule is CCOC(=O)C1=C(OS(=O)(=O)C(F)(F)F)CC(OCc2ccccc2)C1. The minimum absolute atomic E-state index is 0.0167. The molecule has 1 aromatic rings. The molecule has 0 heterocycles. The molecule has 1 atom stereocenters. The summed E-state index contributed by atoms with van der Waals surface area (Å²) in [5, 5.41) is 0. The summed E-state index contributed by atoms with van der Waals surface area (Å²) in [5.74, 6) is -1.52. The monoisotopic (exact) mass is 394 g/mol. The van der Waals surface area contributed by atoms with E-state index in [0.29, 0.717) is 0 Å². The van der Waals surface area contributed by atoms with Crippen molar-refractivity contribution in [2.75, 3.05) is 6.61 Å². The molecule has 26 heavy (non-hydrogen) atoms. The van der Waals surface area contributed by atoms with Crippen molar-refractivity contribution in [1.82, 2.24) is 0 Å². The van der Waals surface area contributed by atoms with Gasteiger partial charge in [-0.1, -0.05) is 30.3 Å². The quantitative estimate of drug-likeness (QED) is 0.402. The first-order valence-electron chi connectivity index (χ1n) is 7.69. The molecule has 0 spiro atoms. The number of carbonyl (C=O) groups is 1. The number of halogens is 3. The van der Waals surface area contributed by atoms with Gasteiger partial charge in [0.25, 0.3) is 0 Å². The van der Waals surface area contributed by atoms with Crippen molar-refractivity contribution in [1.29, 1.82) is 0 Å². The molecular formula is C16H17F3O6S. The molecule has 0 saturated carbocycles. The molecule has 0 fully saturated rings. The number of rotatable bonds is 7. The number of ether oxygens (including phenoxy) is 2. The van der Waals surface area contributed by atoms with E-state index in [9.17, 15) is 26.4 Å². The fraction of sp³-hybridized carbons (Fsp3) is 0.438. The minimum atomic E-state index is -5.87. The van der Waals surface area contributed by atoms with E-state index in [1.807, 2.05) is 6.07 Å². The molecular weight excluding hydrogens is 377 g/mol. The summed E-state index contributed by atoms with van der Waals surface area (Å²) in [6.07, 6.45) is -1.09. The molecule has 144 valence electrons. The van der Waals surface area contributed by atoms with Crippen LogP contribution in [0.5, 0.6) is 0 Å². The lowest BCUT2D eigenvalue weighted by atomic mass is 10.2. The van der Waals surface area contributed by atoms with Gasteiger partial charge in [0.15, 0.2) is 0 Å². The highest BCUT2D eigenvalue weighted by Gasteiger charge is 2.50. The van der Waals surface area contributed by atoms with Gasteiger partial charge in [0, 0.05) is 12.8 Å². The van der Waals surface area contributed by atoms with Crippen molar-refractivity contribution in [2.24, 2.45) is 0 Å². The zero-order chi connectivity index (χ0) is 19.4. The number of carbonyl (C=O) groups excluding carboxylic acids is 1. The number of benzene rings is 1. The lowest BCUT2D eigenvalue weighted by Crippen LogP contribution is -2.26. The summed E-state index contributed by atoms with van der Waals surface area (Å²) in [7, 11) is -5.87. The summed E-state index contributed by atoms with van der Waals surface area (Å²) in [6, 6.07) is 8.98. The van der Waals surface area contributed by atoms with Gasteiger partial charge in [0.1, 0.15) is 5.76 Å². The summed E-state index contributed by atoms with van der Waals surface area (Å²) >= 11 is 0. The Bertz CT molecular complexity index is 771. The Labute approximate surface area is 148 Å². The van der Waals surface area contributed by atoms with Crippen molar-refractivity contribution in [3.63, 3.8) is 0 Å². The molecule has 0 aromatic heterocycles. The van der Waals surface area contributed by atoms with E-state index in [0.717, 1.165) is 5.56 Å². The van der Waals surface area contributed by atoms with Gasteiger partial charge in [-0.2, -0.15) is 21.6 Å². The molecule has 0 N–H and O–H groups in total. The molecule has 0 saturated heterocycles. The lowest BCUT2D eigenvalue weighted by molar-refractivity contribution is -0.139. The van der Waals surface area contributed by atoms with Crippen molar-refractivity contribution >= 4 is 16.1 Å². The molecule has 6 nitrogen and oxygen atoms in total. The van der Waals surface area contributed by atoms with Crippen LogP contribution in [0, 0.1) is 0 Å². The normalized spacial score (nSPS) is 18.1. The molecule has 0 amide bonds. The van der Waals surface area contributed by atoms with Gasteiger partial charge in [-0.15, -0.1) is 0 Å². The third-order valence-corrected chi connectivity index (χ3v) is 4.51. The third kappa shape index (κ3) is 4.98. The molecule has 1 aliphatic rings. The van der Waals surface area contributed by atoms with Crippen molar-refractivity contribution in [3.05, 3.63) is 47.2 Å². The van der Waals surface area contributed by atoms with Crippen LogP contribution >= 0.6 is 0 Å². The van der Waals surface area contributed by atoms with Crippen LogP contribution in [0.25, 0.3) is 0 Å². The van der Waals surface area contributed by atoms with E-state index in [1.165, 1.54) is 6.92 Å². The Kier molecular flexibility index (Phi) is 6.30. The second kappa shape index (κ2) is 8.09. The van der Waals surface area contributed by atoms with E-state index in [1.54, 1.807) is 24.3 Å². The van der Waals surface area contributed by atoms with Crippen LogP contribution in [0.15, 0.2) is 41.7 Å². The second-order valence-corrected chi connectivity index (χ2v) is 6.97. The van der Waals surface area contributed by atoms with Gasteiger partial charge < -0.3 is 13.7 Å². The van der Waals surface area contributed by atoms with Crippen LogP contribution in [-0.2, 0) is 35.2 Å². The number of hydrogen-bond donors (Lipinski definition) is 0. The first kappa shape index (κ1) is 20.2. The van der Waals surface area contributed by atoms with Gasteiger partial charge >= 0.3 is 21.6 Å². The van der Waals surface area contributed by atoms with E-state index in [-0.39, 0.29) is 31.6 Å².